The van der Waals surface area contributed by atoms with Crippen molar-refractivity contribution < 1.29 is 23.5 Å². The van der Waals surface area contributed by atoms with E-state index in [4.69, 9.17) is 27.9 Å². The predicted molar refractivity (Wildman–Crippen MR) is 123 cm³/mol. The first-order valence-corrected chi connectivity index (χ1v) is 10.4. The van der Waals surface area contributed by atoms with Crippen LogP contribution in [-0.2, 0) is 9.59 Å². The molecule has 3 aromatic carbocycles. The number of carbonyl (C=O) groups is 3. The fourth-order valence-electron chi connectivity index (χ4n) is 3.15. The molecule has 0 saturated carbocycles. The van der Waals surface area contributed by atoms with E-state index in [1.165, 1.54) is 18.2 Å². The molecule has 2 amide bonds. The molecule has 6 nitrogen and oxygen atoms in total. The maximum absolute atomic E-state index is 13.4. The molecule has 0 fully saturated rings. The summed E-state index contributed by atoms with van der Waals surface area (Å²) in [6.07, 6.45) is 0. The van der Waals surface area contributed by atoms with Crippen LogP contribution in [0, 0.1) is 12.7 Å². The first-order valence-electron chi connectivity index (χ1n) is 9.64. The van der Waals surface area contributed by atoms with Gasteiger partial charge in [0.05, 0.1) is 16.3 Å². The highest BCUT2D eigenvalue weighted by Crippen LogP contribution is 2.32. The molecule has 1 aliphatic rings. The van der Waals surface area contributed by atoms with E-state index < -0.39 is 23.6 Å². The molecule has 9 heteroatoms. The maximum Gasteiger partial charge on any atom is 0.343 e. The number of anilines is 2. The second-order valence-electron chi connectivity index (χ2n) is 7.14. The predicted octanol–water partition coefficient (Wildman–Crippen LogP) is 5.44. The quantitative estimate of drug-likeness (QED) is 0.296. The fourth-order valence-corrected chi connectivity index (χ4v) is 3.54. The number of amides is 2. The van der Waals surface area contributed by atoms with Crippen LogP contribution in [-0.4, -0.2) is 17.8 Å². The van der Waals surface area contributed by atoms with E-state index in [0.29, 0.717) is 17.0 Å². The number of imide groups is 1. The second-order valence-corrected chi connectivity index (χ2v) is 7.93. The Morgan fingerprint density at radius 1 is 0.970 bits per heavy atom. The minimum atomic E-state index is -0.773. The van der Waals surface area contributed by atoms with Gasteiger partial charge in [0, 0.05) is 5.69 Å². The Bertz CT molecular complexity index is 1320. The van der Waals surface area contributed by atoms with Crippen LogP contribution in [0.25, 0.3) is 0 Å². The van der Waals surface area contributed by atoms with E-state index in [2.05, 4.69) is 5.32 Å². The lowest BCUT2D eigenvalue weighted by Crippen LogP contribution is -2.32. The number of benzene rings is 3. The number of halogens is 3. The van der Waals surface area contributed by atoms with Crippen molar-refractivity contribution in [3.05, 3.63) is 99.4 Å². The first kappa shape index (κ1) is 22.5. The molecule has 1 heterocycles. The van der Waals surface area contributed by atoms with Crippen LogP contribution in [0.5, 0.6) is 5.75 Å². The third-order valence-corrected chi connectivity index (χ3v) is 5.42. The Balaban J connectivity index is 1.49. The Labute approximate surface area is 198 Å². The minimum Gasteiger partial charge on any atom is -0.423 e. The Morgan fingerprint density at radius 2 is 1.70 bits per heavy atom. The van der Waals surface area contributed by atoms with Gasteiger partial charge < -0.3 is 10.1 Å². The van der Waals surface area contributed by atoms with Crippen LogP contribution in [0.1, 0.15) is 15.9 Å². The third kappa shape index (κ3) is 4.60. The van der Waals surface area contributed by atoms with E-state index in [1.807, 2.05) is 13.0 Å². The summed E-state index contributed by atoms with van der Waals surface area (Å²) in [4.78, 5) is 38.5. The van der Waals surface area contributed by atoms with Gasteiger partial charge in [0.25, 0.3) is 11.8 Å². The Kier molecular flexibility index (Phi) is 6.18. The minimum absolute atomic E-state index is 0.0839. The fraction of sp³-hybridized carbons (Fsp3) is 0.0417. The molecule has 0 spiro atoms. The molecule has 0 unspecified atom stereocenters. The largest absolute Gasteiger partial charge is 0.423 e. The van der Waals surface area contributed by atoms with Gasteiger partial charge in [0.2, 0.25) is 0 Å². The van der Waals surface area contributed by atoms with Crippen molar-refractivity contribution in [3.63, 3.8) is 0 Å². The molecule has 0 aromatic heterocycles. The number of hydrogen-bond acceptors (Lipinski definition) is 5. The van der Waals surface area contributed by atoms with Crippen LogP contribution in [0.15, 0.2) is 77.5 Å². The highest BCUT2D eigenvalue weighted by Gasteiger charge is 2.39. The zero-order valence-electron chi connectivity index (χ0n) is 17.1. The van der Waals surface area contributed by atoms with Gasteiger partial charge in [0.1, 0.15) is 22.3 Å². The van der Waals surface area contributed by atoms with Crippen molar-refractivity contribution in [2.24, 2.45) is 0 Å². The zero-order chi connectivity index (χ0) is 23.7. The molecule has 33 heavy (non-hydrogen) atoms. The number of ether oxygens (including phenoxy) is 1. The number of nitrogens with one attached hydrogen (secondary N) is 1. The molecule has 0 bridgehead atoms. The third-order valence-electron chi connectivity index (χ3n) is 4.78. The summed E-state index contributed by atoms with van der Waals surface area (Å²) in [5.41, 5.74) is 1.59. The number of nitrogens with zero attached hydrogens (tertiary/aromatic N) is 1. The van der Waals surface area contributed by atoms with Gasteiger partial charge in [-0.25, -0.2) is 14.1 Å². The monoisotopic (exact) mass is 484 g/mol. The second kappa shape index (κ2) is 9.05. The van der Waals surface area contributed by atoms with Crippen molar-refractivity contribution >= 4 is 52.4 Å². The summed E-state index contributed by atoms with van der Waals surface area (Å²) in [5.74, 6) is -2.30. The van der Waals surface area contributed by atoms with Crippen molar-refractivity contribution in [3.8, 4) is 5.75 Å². The van der Waals surface area contributed by atoms with E-state index in [1.54, 1.807) is 30.3 Å². The van der Waals surface area contributed by atoms with Crippen molar-refractivity contribution in [1.82, 2.24) is 0 Å². The van der Waals surface area contributed by atoms with E-state index >= 15 is 0 Å². The summed E-state index contributed by atoms with van der Waals surface area (Å²) in [7, 11) is 0. The molecule has 0 radical (unpaired) electrons. The molecule has 0 saturated heterocycles. The first-order chi connectivity index (χ1) is 15.7. The van der Waals surface area contributed by atoms with E-state index in [-0.39, 0.29) is 21.4 Å². The van der Waals surface area contributed by atoms with Crippen LogP contribution in [0.4, 0.5) is 15.8 Å². The summed E-state index contributed by atoms with van der Waals surface area (Å²) >= 11 is 11.9. The van der Waals surface area contributed by atoms with Crippen LogP contribution in [0.3, 0.4) is 0 Å². The van der Waals surface area contributed by atoms with Gasteiger partial charge in [-0.15, -0.1) is 0 Å². The number of carbonyl (C=O) groups excluding carboxylic acids is 3. The van der Waals surface area contributed by atoms with E-state index in [0.717, 1.165) is 22.6 Å². The number of hydrogen-bond donors (Lipinski definition) is 1. The van der Waals surface area contributed by atoms with E-state index in [9.17, 15) is 18.8 Å². The molecule has 1 aliphatic heterocycles. The summed E-state index contributed by atoms with van der Waals surface area (Å²) in [6, 6.07) is 16.6. The summed E-state index contributed by atoms with van der Waals surface area (Å²) in [5, 5.41) is 2.23. The molecular weight excluding hydrogens is 470 g/mol. The van der Waals surface area contributed by atoms with Crippen molar-refractivity contribution in [2.45, 2.75) is 6.92 Å². The molecule has 0 aliphatic carbocycles. The van der Waals surface area contributed by atoms with Crippen molar-refractivity contribution in [1.29, 1.82) is 0 Å². The lowest BCUT2D eigenvalue weighted by molar-refractivity contribution is -0.120. The van der Waals surface area contributed by atoms with Gasteiger partial charge in [-0.2, -0.15) is 0 Å². The van der Waals surface area contributed by atoms with Crippen LogP contribution < -0.4 is 15.0 Å². The number of aryl methyl sites for hydroxylation is 1. The molecule has 4 rings (SSSR count). The van der Waals surface area contributed by atoms with Gasteiger partial charge in [-0.1, -0.05) is 35.3 Å². The number of esters is 1. The zero-order valence-corrected chi connectivity index (χ0v) is 18.6. The lowest BCUT2D eigenvalue weighted by atomic mass is 10.2. The average Bonchev–Trinajstić information content (AvgIpc) is 2.99. The molecule has 1 N–H and O–H groups in total. The topological polar surface area (TPSA) is 75.7 Å². The molecule has 166 valence electrons. The normalized spacial score (nSPS) is 13.5. The lowest BCUT2D eigenvalue weighted by Gasteiger charge is -2.15. The molecule has 0 atom stereocenters. The van der Waals surface area contributed by atoms with Crippen molar-refractivity contribution in [2.75, 3.05) is 10.2 Å². The SMILES string of the molecule is Cc1cccc(OC(=O)c2ccc(NC3=C(Cl)C(=O)N(c4ccc(F)c(Cl)c4)C3=O)cc2)c1. The Hall–Kier alpha value is -3.68. The summed E-state index contributed by atoms with van der Waals surface area (Å²) in [6.45, 7) is 1.89. The smallest absolute Gasteiger partial charge is 0.343 e. The van der Waals surface area contributed by atoms with Gasteiger partial charge >= 0.3 is 5.97 Å². The van der Waals surface area contributed by atoms with Crippen LogP contribution in [0.2, 0.25) is 5.02 Å². The van der Waals surface area contributed by atoms with Crippen LogP contribution >= 0.6 is 23.2 Å². The average molecular weight is 485 g/mol. The van der Waals surface area contributed by atoms with Gasteiger partial charge in [-0.3, -0.25) is 9.59 Å². The Morgan fingerprint density at radius 3 is 2.36 bits per heavy atom. The maximum atomic E-state index is 13.4. The standard InChI is InChI=1S/C24H15Cl2FN2O4/c1-13-3-2-4-17(11-13)33-24(32)14-5-7-15(8-6-14)28-21-20(26)22(30)29(23(21)31)16-9-10-19(27)18(25)12-16/h2-12,28H,1H3. The number of rotatable bonds is 5. The molecular formula is C24H15Cl2FN2O4. The van der Waals surface area contributed by atoms with Gasteiger partial charge in [0.15, 0.2) is 0 Å². The molecule has 3 aromatic rings. The van der Waals surface area contributed by atoms with Gasteiger partial charge in [-0.05, 0) is 67.1 Å². The summed E-state index contributed by atoms with van der Waals surface area (Å²) < 4.78 is 18.8. The highest BCUT2D eigenvalue weighted by molar-refractivity contribution is 6.53. The highest BCUT2D eigenvalue weighted by atomic mass is 35.5.